The average molecular weight is 287 g/mol. The molecule has 0 bridgehead atoms. The maximum Gasteiger partial charge on any atom is 0.241 e. The molecule has 0 fully saturated rings. The van der Waals surface area contributed by atoms with Crippen LogP contribution in [0.3, 0.4) is 0 Å². The highest BCUT2D eigenvalue weighted by Crippen LogP contribution is 2.23. The number of aliphatic hydroxyl groups is 1. The lowest BCUT2D eigenvalue weighted by Gasteiger charge is -2.20. The van der Waals surface area contributed by atoms with Gasteiger partial charge in [-0.15, -0.1) is 0 Å². The van der Waals surface area contributed by atoms with Crippen LogP contribution in [0.1, 0.15) is 33.3 Å². The average Bonchev–Trinajstić information content (AvgIpc) is 2.26. The minimum absolute atomic E-state index is 0.120. The summed E-state index contributed by atoms with van der Waals surface area (Å²) in [6, 6.07) is 4.46. The zero-order valence-corrected chi connectivity index (χ0v) is 12.5. The molecule has 5 nitrogen and oxygen atoms in total. The predicted octanol–water partition coefficient (Wildman–Crippen LogP) is 1.65. The zero-order valence-electron chi connectivity index (χ0n) is 11.7. The van der Waals surface area contributed by atoms with E-state index in [1.807, 2.05) is 6.92 Å². The number of aliphatic hydroxyl groups excluding tert-OH is 1. The Kier molecular flexibility index (Phi) is 4.95. The number of sulfonamides is 1. The van der Waals surface area contributed by atoms with E-state index < -0.39 is 15.6 Å². The van der Waals surface area contributed by atoms with Crippen LogP contribution in [0.15, 0.2) is 23.1 Å². The van der Waals surface area contributed by atoms with Crippen LogP contribution in [-0.4, -0.2) is 25.7 Å². The molecule has 108 valence electrons. The second kappa shape index (κ2) is 5.90. The molecule has 0 atom stereocenters. The SMILES string of the molecule is CCOc1ccc(S(=O)(=O)NC(C)(C)C)cc1CO. The van der Waals surface area contributed by atoms with Crippen molar-refractivity contribution in [1.29, 1.82) is 0 Å². The van der Waals surface area contributed by atoms with E-state index in [9.17, 15) is 13.5 Å². The Morgan fingerprint density at radius 1 is 1.32 bits per heavy atom. The van der Waals surface area contributed by atoms with Gasteiger partial charge in [-0.2, -0.15) is 0 Å². The van der Waals surface area contributed by atoms with Crippen LogP contribution < -0.4 is 9.46 Å². The normalized spacial score (nSPS) is 12.5. The fourth-order valence-electron chi connectivity index (χ4n) is 1.60. The summed E-state index contributed by atoms with van der Waals surface area (Å²) < 4.78 is 32.2. The molecule has 0 aliphatic rings. The van der Waals surface area contributed by atoms with E-state index in [0.717, 1.165) is 0 Å². The lowest BCUT2D eigenvalue weighted by molar-refractivity contribution is 0.266. The van der Waals surface area contributed by atoms with Gasteiger partial charge in [-0.3, -0.25) is 0 Å². The van der Waals surface area contributed by atoms with Crippen molar-refractivity contribution in [2.24, 2.45) is 0 Å². The number of benzene rings is 1. The molecule has 19 heavy (non-hydrogen) atoms. The van der Waals surface area contributed by atoms with Gasteiger partial charge in [0.15, 0.2) is 0 Å². The summed E-state index contributed by atoms with van der Waals surface area (Å²) in [4.78, 5) is 0.120. The van der Waals surface area contributed by atoms with Gasteiger partial charge in [0.1, 0.15) is 5.75 Å². The first-order chi connectivity index (χ1) is 8.69. The van der Waals surface area contributed by atoms with Crippen molar-refractivity contribution >= 4 is 10.0 Å². The van der Waals surface area contributed by atoms with Gasteiger partial charge in [0, 0.05) is 11.1 Å². The first kappa shape index (κ1) is 15.9. The maximum atomic E-state index is 12.2. The summed E-state index contributed by atoms with van der Waals surface area (Å²) in [7, 11) is -3.60. The Hall–Kier alpha value is -1.11. The molecule has 0 amide bonds. The van der Waals surface area contributed by atoms with E-state index in [1.165, 1.54) is 12.1 Å². The Bertz CT molecular complexity index is 532. The van der Waals surface area contributed by atoms with Gasteiger partial charge < -0.3 is 9.84 Å². The van der Waals surface area contributed by atoms with Crippen molar-refractivity contribution in [2.75, 3.05) is 6.61 Å². The lowest BCUT2D eigenvalue weighted by Crippen LogP contribution is -2.40. The van der Waals surface area contributed by atoms with Crippen molar-refractivity contribution < 1.29 is 18.3 Å². The van der Waals surface area contributed by atoms with Gasteiger partial charge in [-0.1, -0.05) is 0 Å². The molecule has 1 aromatic carbocycles. The zero-order chi connectivity index (χ0) is 14.7. The summed E-state index contributed by atoms with van der Waals surface area (Å²) >= 11 is 0. The van der Waals surface area contributed by atoms with Crippen LogP contribution in [0.4, 0.5) is 0 Å². The van der Waals surface area contributed by atoms with Crippen LogP contribution in [-0.2, 0) is 16.6 Å². The number of hydrogen-bond acceptors (Lipinski definition) is 4. The maximum absolute atomic E-state index is 12.2. The van der Waals surface area contributed by atoms with Gasteiger partial charge in [0.05, 0.1) is 18.1 Å². The smallest absolute Gasteiger partial charge is 0.241 e. The van der Waals surface area contributed by atoms with Gasteiger partial charge in [0.2, 0.25) is 10.0 Å². The van der Waals surface area contributed by atoms with Crippen LogP contribution in [0.5, 0.6) is 5.75 Å². The molecular weight excluding hydrogens is 266 g/mol. The molecule has 0 aliphatic carbocycles. The van der Waals surface area contributed by atoms with Crippen LogP contribution >= 0.6 is 0 Å². The summed E-state index contributed by atoms with van der Waals surface area (Å²) in [5.41, 5.74) is -0.102. The first-order valence-electron chi connectivity index (χ1n) is 6.10. The quantitative estimate of drug-likeness (QED) is 0.863. The summed E-state index contributed by atoms with van der Waals surface area (Å²) in [5.74, 6) is 0.500. The van der Waals surface area contributed by atoms with Crippen LogP contribution in [0, 0.1) is 0 Å². The van der Waals surface area contributed by atoms with Gasteiger partial charge in [-0.05, 0) is 45.9 Å². The molecule has 1 aromatic rings. The number of ether oxygens (including phenoxy) is 1. The summed E-state index contributed by atoms with van der Waals surface area (Å²) in [5, 5.41) is 9.27. The summed E-state index contributed by atoms with van der Waals surface area (Å²) in [6.45, 7) is 7.32. The van der Waals surface area contributed by atoms with Gasteiger partial charge in [0.25, 0.3) is 0 Å². The van der Waals surface area contributed by atoms with E-state index in [-0.39, 0.29) is 11.5 Å². The van der Waals surface area contributed by atoms with E-state index in [1.54, 1.807) is 26.8 Å². The monoisotopic (exact) mass is 287 g/mol. The fourth-order valence-corrected chi connectivity index (χ4v) is 3.07. The Morgan fingerprint density at radius 3 is 2.42 bits per heavy atom. The molecule has 0 heterocycles. The highest BCUT2D eigenvalue weighted by atomic mass is 32.2. The van der Waals surface area contributed by atoms with E-state index in [4.69, 9.17) is 4.74 Å². The molecule has 6 heteroatoms. The van der Waals surface area contributed by atoms with Crippen molar-refractivity contribution in [3.8, 4) is 5.75 Å². The van der Waals surface area contributed by atoms with Crippen molar-refractivity contribution in [3.63, 3.8) is 0 Å². The fraction of sp³-hybridized carbons (Fsp3) is 0.538. The van der Waals surface area contributed by atoms with Gasteiger partial charge >= 0.3 is 0 Å². The highest BCUT2D eigenvalue weighted by molar-refractivity contribution is 7.89. The molecule has 0 unspecified atom stereocenters. The molecule has 0 aliphatic heterocycles. The third kappa shape index (κ3) is 4.49. The minimum Gasteiger partial charge on any atom is -0.494 e. The topological polar surface area (TPSA) is 75.6 Å². The molecule has 0 saturated carbocycles. The third-order valence-electron chi connectivity index (χ3n) is 2.25. The third-order valence-corrected chi connectivity index (χ3v) is 4.01. The largest absolute Gasteiger partial charge is 0.494 e. The highest BCUT2D eigenvalue weighted by Gasteiger charge is 2.22. The molecule has 0 aromatic heterocycles. The Labute approximate surface area is 114 Å². The second-order valence-electron chi connectivity index (χ2n) is 5.22. The van der Waals surface area contributed by atoms with Crippen LogP contribution in [0.2, 0.25) is 0 Å². The number of nitrogens with one attached hydrogen (secondary N) is 1. The molecule has 0 saturated heterocycles. The predicted molar refractivity (Wildman–Crippen MR) is 73.6 cm³/mol. The molecule has 2 N–H and O–H groups in total. The first-order valence-corrected chi connectivity index (χ1v) is 7.58. The van der Waals surface area contributed by atoms with Crippen molar-refractivity contribution in [3.05, 3.63) is 23.8 Å². The van der Waals surface area contributed by atoms with Gasteiger partial charge in [-0.25, -0.2) is 13.1 Å². The standard InChI is InChI=1S/C13H21NO4S/c1-5-18-12-7-6-11(8-10(12)9-15)19(16,17)14-13(2,3)4/h6-8,14-15H,5,9H2,1-4H3. The van der Waals surface area contributed by atoms with E-state index in [2.05, 4.69) is 4.72 Å². The minimum atomic E-state index is -3.60. The second-order valence-corrected chi connectivity index (χ2v) is 6.90. The lowest BCUT2D eigenvalue weighted by atomic mass is 10.1. The number of rotatable bonds is 5. The van der Waals surface area contributed by atoms with E-state index in [0.29, 0.717) is 17.9 Å². The van der Waals surface area contributed by atoms with Crippen molar-refractivity contribution in [2.45, 2.75) is 44.7 Å². The molecule has 1 rings (SSSR count). The summed E-state index contributed by atoms with van der Waals surface area (Å²) in [6.07, 6.45) is 0. The van der Waals surface area contributed by atoms with Crippen LogP contribution in [0.25, 0.3) is 0 Å². The molecular formula is C13H21NO4S. The Morgan fingerprint density at radius 2 is 1.95 bits per heavy atom. The number of hydrogen-bond donors (Lipinski definition) is 2. The Balaban J connectivity index is 3.15. The molecule has 0 spiro atoms. The van der Waals surface area contributed by atoms with Crippen molar-refractivity contribution in [1.82, 2.24) is 4.72 Å². The molecule has 0 radical (unpaired) electrons. The van der Waals surface area contributed by atoms with E-state index >= 15 is 0 Å².